The Labute approximate surface area is 143 Å². The number of ether oxygens (including phenoxy) is 1. The Morgan fingerprint density at radius 3 is 2.60 bits per heavy atom. The van der Waals surface area contributed by atoms with Crippen LogP contribution in [0.2, 0.25) is 0 Å². The van der Waals surface area contributed by atoms with Gasteiger partial charge in [0.05, 0.1) is 12.8 Å². The SMILES string of the molecule is COc1ccc(-c2nn(CCC(N)=O)cc2/C=C(/C#N)C(=O)O)cc1. The van der Waals surface area contributed by atoms with Crippen LogP contribution in [0.5, 0.6) is 5.75 Å². The summed E-state index contributed by atoms with van der Waals surface area (Å²) in [6.45, 7) is 0.251. The summed E-state index contributed by atoms with van der Waals surface area (Å²) in [5.74, 6) is -1.13. The van der Waals surface area contributed by atoms with Crippen molar-refractivity contribution in [3.8, 4) is 23.1 Å². The number of amides is 1. The zero-order chi connectivity index (χ0) is 18.4. The van der Waals surface area contributed by atoms with Crippen LogP contribution in [0.15, 0.2) is 36.0 Å². The van der Waals surface area contributed by atoms with Crippen LogP contribution >= 0.6 is 0 Å². The molecule has 0 spiro atoms. The maximum atomic E-state index is 11.1. The molecular weight excluding hydrogens is 324 g/mol. The van der Waals surface area contributed by atoms with E-state index in [1.165, 1.54) is 10.8 Å². The molecule has 2 aromatic rings. The highest BCUT2D eigenvalue weighted by molar-refractivity contribution is 5.97. The standard InChI is InChI=1S/C17H16N4O4/c1-25-14-4-2-11(3-5-14)16-13(8-12(9-18)17(23)24)10-21(20-16)7-6-15(19)22/h2-5,8,10H,6-7H2,1H3,(H2,19,22)(H,23,24)/b12-8-. The Hall–Kier alpha value is -3.60. The first-order valence-corrected chi connectivity index (χ1v) is 7.30. The summed E-state index contributed by atoms with van der Waals surface area (Å²) < 4.78 is 6.60. The topological polar surface area (TPSA) is 131 Å². The molecule has 0 radical (unpaired) electrons. The number of carboxylic acids is 1. The molecule has 0 aliphatic rings. The lowest BCUT2D eigenvalue weighted by molar-refractivity contribution is -0.132. The van der Waals surface area contributed by atoms with E-state index in [2.05, 4.69) is 5.10 Å². The van der Waals surface area contributed by atoms with Crippen molar-refractivity contribution in [1.29, 1.82) is 5.26 Å². The number of carbonyl (C=O) groups is 2. The van der Waals surface area contributed by atoms with Gasteiger partial charge in [-0.1, -0.05) is 0 Å². The highest BCUT2D eigenvalue weighted by atomic mass is 16.5. The monoisotopic (exact) mass is 340 g/mol. The van der Waals surface area contributed by atoms with E-state index in [1.807, 2.05) is 0 Å². The fourth-order valence-corrected chi connectivity index (χ4v) is 2.15. The smallest absolute Gasteiger partial charge is 0.346 e. The van der Waals surface area contributed by atoms with Crippen molar-refractivity contribution in [1.82, 2.24) is 9.78 Å². The summed E-state index contributed by atoms with van der Waals surface area (Å²) >= 11 is 0. The van der Waals surface area contributed by atoms with Gasteiger partial charge in [0, 0.05) is 30.3 Å². The fraction of sp³-hybridized carbons (Fsp3) is 0.176. The summed E-state index contributed by atoms with van der Waals surface area (Å²) in [4.78, 5) is 22.0. The number of nitriles is 1. The lowest BCUT2D eigenvalue weighted by Gasteiger charge is -2.02. The maximum Gasteiger partial charge on any atom is 0.346 e. The molecule has 0 saturated carbocycles. The molecular formula is C17H16N4O4. The van der Waals surface area contributed by atoms with Gasteiger partial charge in [-0.2, -0.15) is 10.4 Å². The van der Waals surface area contributed by atoms with Gasteiger partial charge in [0.1, 0.15) is 17.4 Å². The van der Waals surface area contributed by atoms with Crippen molar-refractivity contribution >= 4 is 18.0 Å². The van der Waals surface area contributed by atoms with Crippen LogP contribution in [-0.4, -0.2) is 33.9 Å². The van der Waals surface area contributed by atoms with Gasteiger partial charge in [0.25, 0.3) is 0 Å². The number of aromatic nitrogens is 2. The van der Waals surface area contributed by atoms with Gasteiger partial charge >= 0.3 is 5.97 Å². The largest absolute Gasteiger partial charge is 0.497 e. The molecule has 0 unspecified atom stereocenters. The van der Waals surface area contributed by atoms with E-state index in [0.717, 1.165) is 0 Å². The number of rotatable bonds is 7. The molecule has 128 valence electrons. The lowest BCUT2D eigenvalue weighted by Crippen LogP contribution is -2.14. The van der Waals surface area contributed by atoms with Crippen molar-refractivity contribution in [3.63, 3.8) is 0 Å². The molecule has 1 amide bonds. The number of hydrogen-bond acceptors (Lipinski definition) is 5. The number of nitrogens with zero attached hydrogens (tertiary/aromatic N) is 3. The summed E-state index contributed by atoms with van der Waals surface area (Å²) in [5, 5.41) is 22.4. The number of primary amides is 1. The lowest BCUT2D eigenvalue weighted by atomic mass is 10.1. The minimum atomic E-state index is -1.33. The molecule has 1 heterocycles. The second kappa shape index (κ2) is 7.79. The van der Waals surface area contributed by atoms with Crippen LogP contribution in [0.25, 0.3) is 17.3 Å². The van der Waals surface area contributed by atoms with Gasteiger partial charge in [-0.25, -0.2) is 4.79 Å². The van der Waals surface area contributed by atoms with Crippen LogP contribution < -0.4 is 10.5 Å². The van der Waals surface area contributed by atoms with E-state index in [9.17, 15) is 9.59 Å². The van der Waals surface area contributed by atoms with Crippen LogP contribution in [0.3, 0.4) is 0 Å². The van der Waals surface area contributed by atoms with E-state index in [4.69, 9.17) is 20.8 Å². The molecule has 0 fully saturated rings. The zero-order valence-electron chi connectivity index (χ0n) is 13.5. The number of nitrogens with two attached hydrogens (primary N) is 1. The average Bonchev–Trinajstić information content (AvgIpc) is 3.00. The first-order valence-electron chi connectivity index (χ1n) is 7.30. The maximum absolute atomic E-state index is 11.1. The molecule has 0 bridgehead atoms. The van der Waals surface area contributed by atoms with Gasteiger partial charge in [-0.3, -0.25) is 9.48 Å². The number of aryl methyl sites for hydroxylation is 1. The molecule has 0 atom stereocenters. The normalized spacial score (nSPS) is 11.0. The first-order chi connectivity index (χ1) is 11.9. The molecule has 0 aliphatic carbocycles. The molecule has 0 aliphatic heterocycles. The van der Waals surface area contributed by atoms with E-state index in [-0.39, 0.29) is 13.0 Å². The number of carbonyl (C=O) groups excluding carboxylic acids is 1. The second-order valence-electron chi connectivity index (χ2n) is 5.12. The van der Waals surface area contributed by atoms with E-state index < -0.39 is 17.4 Å². The van der Waals surface area contributed by atoms with Crippen molar-refractivity contribution in [2.45, 2.75) is 13.0 Å². The molecule has 25 heavy (non-hydrogen) atoms. The second-order valence-corrected chi connectivity index (χ2v) is 5.12. The van der Waals surface area contributed by atoms with Crippen LogP contribution in [0.1, 0.15) is 12.0 Å². The fourth-order valence-electron chi connectivity index (χ4n) is 2.15. The quantitative estimate of drug-likeness (QED) is 0.579. The van der Waals surface area contributed by atoms with Crippen LogP contribution in [0.4, 0.5) is 0 Å². The van der Waals surface area contributed by atoms with Crippen LogP contribution in [0, 0.1) is 11.3 Å². The van der Waals surface area contributed by atoms with Crippen molar-refractivity contribution < 1.29 is 19.4 Å². The van der Waals surface area contributed by atoms with Gasteiger partial charge in [0.2, 0.25) is 5.91 Å². The number of hydrogen-bond donors (Lipinski definition) is 2. The minimum Gasteiger partial charge on any atom is -0.497 e. The average molecular weight is 340 g/mol. The molecule has 2 rings (SSSR count). The Morgan fingerprint density at radius 2 is 2.08 bits per heavy atom. The Bertz CT molecular complexity index is 860. The van der Waals surface area contributed by atoms with Crippen molar-refractivity contribution in [2.24, 2.45) is 5.73 Å². The predicted molar refractivity (Wildman–Crippen MR) is 89.3 cm³/mol. The number of methoxy groups -OCH3 is 1. The van der Waals surface area contributed by atoms with Crippen LogP contribution in [-0.2, 0) is 16.1 Å². The number of aliphatic carboxylic acids is 1. The van der Waals surface area contributed by atoms with E-state index >= 15 is 0 Å². The van der Waals surface area contributed by atoms with E-state index in [0.29, 0.717) is 22.6 Å². The summed E-state index contributed by atoms with van der Waals surface area (Å²) in [7, 11) is 1.55. The van der Waals surface area contributed by atoms with Gasteiger partial charge in [-0.15, -0.1) is 0 Å². The third-order valence-corrected chi connectivity index (χ3v) is 3.39. The summed E-state index contributed by atoms with van der Waals surface area (Å²) in [5.41, 5.74) is 6.39. The van der Waals surface area contributed by atoms with Gasteiger partial charge in [0.15, 0.2) is 0 Å². The first kappa shape index (κ1) is 17.7. The molecule has 8 heteroatoms. The Kier molecular flexibility index (Phi) is 5.53. The summed E-state index contributed by atoms with van der Waals surface area (Å²) in [6.07, 6.45) is 2.91. The highest BCUT2D eigenvalue weighted by Crippen LogP contribution is 2.26. The van der Waals surface area contributed by atoms with Crippen molar-refractivity contribution in [2.75, 3.05) is 7.11 Å². The third kappa shape index (κ3) is 4.45. The minimum absolute atomic E-state index is 0.0942. The molecule has 1 aromatic carbocycles. The van der Waals surface area contributed by atoms with E-state index in [1.54, 1.807) is 43.6 Å². The highest BCUT2D eigenvalue weighted by Gasteiger charge is 2.14. The molecule has 1 aromatic heterocycles. The molecule has 3 N–H and O–H groups in total. The third-order valence-electron chi connectivity index (χ3n) is 3.39. The van der Waals surface area contributed by atoms with Gasteiger partial charge in [-0.05, 0) is 30.3 Å². The molecule has 8 nitrogen and oxygen atoms in total. The Balaban J connectivity index is 2.49. The van der Waals surface area contributed by atoms with Gasteiger partial charge < -0.3 is 15.6 Å². The summed E-state index contributed by atoms with van der Waals surface area (Å²) in [6, 6.07) is 8.66. The Morgan fingerprint density at radius 1 is 1.40 bits per heavy atom. The predicted octanol–water partition coefficient (Wildman–Crippen LogP) is 1.43. The van der Waals surface area contributed by atoms with Crippen molar-refractivity contribution in [3.05, 3.63) is 41.6 Å². The number of benzene rings is 1. The molecule has 0 saturated heterocycles. The number of carboxylic acid groups (broad SMARTS) is 1. The zero-order valence-corrected chi connectivity index (χ0v) is 13.5.